The Kier molecular flexibility index (Phi) is 8.27. The van der Waals surface area contributed by atoms with Crippen LogP contribution in [-0.4, -0.2) is 7.15 Å². The van der Waals surface area contributed by atoms with Crippen LogP contribution in [0.15, 0.2) is 6.07 Å². The molecule has 2 nitrogen and oxygen atoms in total. The normalized spacial score (nSPS) is 16.8. The zero-order chi connectivity index (χ0) is 21.3. The maximum atomic E-state index is 9.96. The van der Waals surface area contributed by atoms with Crippen molar-refractivity contribution in [2.75, 3.05) is 18.6 Å². The second kappa shape index (κ2) is 10.7. The quantitative estimate of drug-likeness (QED) is 0.427. The molecule has 4 aliphatic carbocycles. The summed E-state index contributed by atoms with van der Waals surface area (Å²) in [5.74, 6) is 0. The summed E-state index contributed by atoms with van der Waals surface area (Å²) in [5.41, 5.74) is 26.0. The van der Waals surface area contributed by atoms with E-state index in [4.69, 9.17) is 24.4 Å². The predicted octanol–water partition coefficient (Wildman–Crippen LogP) is 7.00. The molecular formula is C27H40ClFN2. The number of aryl methyl sites for hydroxylation is 2. The Morgan fingerprint density at radius 3 is 1.45 bits per heavy atom. The number of benzene rings is 2. The Bertz CT molecular complexity index is 853. The number of fused-ring (bicyclic) bond motifs is 4. The molecule has 0 aromatic heterocycles. The van der Waals surface area contributed by atoms with Crippen molar-refractivity contribution in [1.29, 1.82) is 0 Å². The van der Waals surface area contributed by atoms with E-state index in [9.17, 15) is 4.39 Å². The topological polar surface area (TPSA) is 52.0 Å². The number of nitrogen functional groups attached to an aromatic ring is 2. The van der Waals surface area contributed by atoms with Gasteiger partial charge in [0.1, 0.15) is 0 Å². The number of alkyl halides is 1. The number of nitrogens with two attached hydrogens (primary N) is 2. The Labute approximate surface area is 195 Å². The smallest absolute Gasteiger partial charge is 0.0785 e. The standard InChI is InChI=1S/C12H14ClN.C12H15N.CH3F.2CH4/c13-11-7-3-1-5-9(7)12(14)10-6-2-4-8(10)11;13-12-10-5-1-3-8(10)7-9-4-2-6-11(9)12;1-2;;/h1-6,14H2;7H,1-6,13H2;1H3;2*1H4/i;;1D;;. The third-order valence-corrected chi connectivity index (χ3v) is 7.59. The SMILES string of the molecule is C.C.Nc1c2c(c(Cl)c3c1CCC3)CCC2.Nc1c2c(cc3c1CCC3)CCC2.[2H]CF. The van der Waals surface area contributed by atoms with Gasteiger partial charge in [-0.25, -0.2) is 0 Å². The first-order valence-corrected chi connectivity index (χ1v) is 11.3. The van der Waals surface area contributed by atoms with Crippen LogP contribution in [0.3, 0.4) is 0 Å². The van der Waals surface area contributed by atoms with Crippen LogP contribution in [0.1, 0.15) is 86.4 Å². The van der Waals surface area contributed by atoms with Crippen molar-refractivity contribution in [1.82, 2.24) is 0 Å². The molecule has 172 valence electrons. The average molecular weight is 448 g/mol. The zero-order valence-corrected chi connectivity index (χ0v) is 17.9. The summed E-state index contributed by atoms with van der Waals surface area (Å²) in [6, 6.07) is 2.42. The van der Waals surface area contributed by atoms with Crippen molar-refractivity contribution in [3.8, 4) is 0 Å². The van der Waals surface area contributed by atoms with E-state index in [1.54, 1.807) is 0 Å². The van der Waals surface area contributed by atoms with E-state index in [1.807, 2.05) is 0 Å². The summed E-state index contributed by atoms with van der Waals surface area (Å²) in [6.07, 6.45) is 14.5. The van der Waals surface area contributed by atoms with Crippen LogP contribution < -0.4 is 11.5 Å². The minimum absolute atomic E-state index is 0. The molecule has 6 rings (SSSR count). The maximum absolute atomic E-state index is 9.96. The van der Waals surface area contributed by atoms with Crippen LogP contribution in [0, 0.1) is 0 Å². The monoisotopic (exact) mass is 447 g/mol. The Morgan fingerprint density at radius 2 is 1.00 bits per heavy atom. The second-order valence-electron chi connectivity index (χ2n) is 8.62. The van der Waals surface area contributed by atoms with E-state index in [2.05, 4.69) is 6.07 Å². The molecule has 4 heteroatoms. The van der Waals surface area contributed by atoms with Crippen LogP contribution >= 0.6 is 11.6 Å². The lowest BCUT2D eigenvalue weighted by Crippen LogP contribution is -2.01. The minimum Gasteiger partial charge on any atom is -0.398 e. The molecule has 2 aromatic carbocycles. The summed E-state index contributed by atoms with van der Waals surface area (Å²) in [7, 11) is -1.00. The Balaban J connectivity index is 0.000000192. The molecular weight excluding hydrogens is 407 g/mol. The minimum atomic E-state index is -1.00. The third kappa shape index (κ3) is 4.44. The summed E-state index contributed by atoms with van der Waals surface area (Å²) in [5, 5.41) is 1.04. The first kappa shape index (κ1) is 23.9. The summed E-state index contributed by atoms with van der Waals surface area (Å²) in [4.78, 5) is 0. The van der Waals surface area contributed by atoms with Gasteiger partial charge in [-0.1, -0.05) is 32.5 Å². The van der Waals surface area contributed by atoms with Gasteiger partial charge in [-0.15, -0.1) is 0 Å². The fourth-order valence-electron chi connectivity index (χ4n) is 5.79. The molecule has 2 aromatic rings. The van der Waals surface area contributed by atoms with Crippen molar-refractivity contribution in [3.63, 3.8) is 0 Å². The van der Waals surface area contributed by atoms with E-state index in [-0.39, 0.29) is 14.9 Å². The van der Waals surface area contributed by atoms with Gasteiger partial charge in [0.05, 0.1) is 8.52 Å². The van der Waals surface area contributed by atoms with Gasteiger partial charge in [0.25, 0.3) is 0 Å². The number of halogens is 2. The first-order chi connectivity index (χ1) is 14.6. The Hall–Kier alpha value is -1.74. The van der Waals surface area contributed by atoms with Crippen molar-refractivity contribution < 1.29 is 5.76 Å². The lowest BCUT2D eigenvalue weighted by atomic mass is 9.99. The van der Waals surface area contributed by atoms with Gasteiger partial charge in [0.2, 0.25) is 0 Å². The molecule has 0 bridgehead atoms. The van der Waals surface area contributed by atoms with Crippen molar-refractivity contribution >= 4 is 23.0 Å². The van der Waals surface area contributed by atoms with Gasteiger partial charge in [-0.05, 0) is 122 Å². The van der Waals surface area contributed by atoms with Crippen LogP contribution in [0.2, 0.25) is 5.02 Å². The largest absolute Gasteiger partial charge is 0.398 e. The third-order valence-electron chi connectivity index (χ3n) is 7.14. The molecule has 0 aliphatic heterocycles. The van der Waals surface area contributed by atoms with Crippen LogP contribution in [0.4, 0.5) is 15.8 Å². The molecule has 0 spiro atoms. The fraction of sp³-hybridized carbons (Fsp3) is 0.556. The van der Waals surface area contributed by atoms with Gasteiger partial charge in [0.15, 0.2) is 0 Å². The number of hydrogen-bond donors (Lipinski definition) is 2. The van der Waals surface area contributed by atoms with Gasteiger partial charge in [-0.2, -0.15) is 0 Å². The molecule has 0 fully saturated rings. The highest BCUT2D eigenvalue weighted by Crippen LogP contribution is 2.42. The van der Waals surface area contributed by atoms with Crippen molar-refractivity contribution in [2.24, 2.45) is 0 Å². The zero-order valence-electron chi connectivity index (χ0n) is 18.2. The second-order valence-corrected chi connectivity index (χ2v) is 9.00. The lowest BCUT2D eigenvalue weighted by Gasteiger charge is -2.13. The molecule has 0 saturated heterocycles. The average Bonchev–Trinajstić information content (AvgIpc) is 3.53. The van der Waals surface area contributed by atoms with E-state index in [0.29, 0.717) is 0 Å². The highest BCUT2D eigenvalue weighted by atomic mass is 35.5. The van der Waals surface area contributed by atoms with E-state index in [0.717, 1.165) is 42.1 Å². The van der Waals surface area contributed by atoms with Crippen LogP contribution in [-0.2, 0) is 51.4 Å². The molecule has 4 N–H and O–H groups in total. The first-order valence-electron chi connectivity index (χ1n) is 11.6. The molecule has 0 unspecified atom stereocenters. The molecule has 0 saturated carbocycles. The summed E-state index contributed by atoms with van der Waals surface area (Å²) >= 11 is 6.42. The van der Waals surface area contributed by atoms with E-state index < -0.39 is 7.15 Å². The highest BCUT2D eigenvalue weighted by Gasteiger charge is 2.26. The van der Waals surface area contributed by atoms with Gasteiger partial charge < -0.3 is 11.5 Å². The number of rotatable bonds is 0. The number of anilines is 2. The number of hydrogen-bond acceptors (Lipinski definition) is 2. The maximum Gasteiger partial charge on any atom is 0.0785 e. The molecule has 31 heavy (non-hydrogen) atoms. The predicted molar refractivity (Wildman–Crippen MR) is 135 cm³/mol. The molecule has 4 aliphatic rings. The molecule has 0 atom stereocenters. The highest BCUT2D eigenvalue weighted by molar-refractivity contribution is 6.32. The van der Waals surface area contributed by atoms with Crippen LogP contribution in [0.5, 0.6) is 0 Å². The fourth-order valence-corrected chi connectivity index (χ4v) is 6.21. The van der Waals surface area contributed by atoms with Gasteiger partial charge >= 0.3 is 0 Å². The van der Waals surface area contributed by atoms with Crippen molar-refractivity contribution in [2.45, 2.75) is 91.9 Å². The molecule has 0 heterocycles. The Morgan fingerprint density at radius 1 is 0.677 bits per heavy atom. The van der Waals surface area contributed by atoms with Gasteiger partial charge in [0, 0.05) is 16.4 Å². The lowest BCUT2D eigenvalue weighted by molar-refractivity contribution is 0.636. The van der Waals surface area contributed by atoms with E-state index >= 15 is 0 Å². The summed E-state index contributed by atoms with van der Waals surface area (Å²) < 4.78 is 15.5. The van der Waals surface area contributed by atoms with Crippen molar-refractivity contribution in [3.05, 3.63) is 55.6 Å². The summed E-state index contributed by atoms with van der Waals surface area (Å²) in [6.45, 7) is 0. The van der Waals surface area contributed by atoms with E-state index in [1.165, 1.54) is 95.9 Å². The molecule has 0 radical (unpaired) electrons. The molecule has 0 amide bonds. The van der Waals surface area contributed by atoms with Gasteiger partial charge in [-0.3, -0.25) is 4.39 Å². The van der Waals surface area contributed by atoms with Crippen LogP contribution in [0.25, 0.3) is 0 Å².